The smallest absolute Gasteiger partial charge is 0.321 e. The Kier molecular flexibility index (Phi) is 6.30. The lowest BCUT2D eigenvalue weighted by atomic mass is 10.1. The molecular weight excluding hydrogens is 342 g/mol. The number of carbonyl (C=O) groups excluding carboxylic acids is 2. The van der Waals surface area contributed by atoms with Gasteiger partial charge in [0.2, 0.25) is 0 Å². The molecule has 0 bridgehead atoms. The number of nitrogens with one attached hydrogen (secondary N) is 2. The van der Waals surface area contributed by atoms with Crippen molar-refractivity contribution in [3.63, 3.8) is 0 Å². The van der Waals surface area contributed by atoms with Crippen LogP contribution in [0.5, 0.6) is 5.75 Å². The molecule has 0 atom stereocenters. The normalized spacial score (nSPS) is 14.5. The van der Waals surface area contributed by atoms with Crippen LogP contribution in [-0.2, 0) is 4.79 Å². The number of carbonyl (C=O) groups is 2. The zero-order chi connectivity index (χ0) is 19.1. The topological polar surface area (TPSA) is 70.7 Å². The summed E-state index contributed by atoms with van der Waals surface area (Å²) in [6, 6.07) is 17.0. The maximum atomic E-state index is 12.3. The molecule has 2 aromatic carbocycles. The summed E-state index contributed by atoms with van der Waals surface area (Å²) in [6.07, 6.45) is 1.47. The van der Waals surface area contributed by atoms with Crippen molar-refractivity contribution in [2.75, 3.05) is 25.0 Å². The number of urea groups is 1. The van der Waals surface area contributed by atoms with Crippen molar-refractivity contribution < 1.29 is 14.3 Å². The van der Waals surface area contributed by atoms with Crippen molar-refractivity contribution in [2.45, 2.75) is 25.8 Å². The zero-order valence-corrected chi connectivity index (χ0v) is 15.5. The van der Waals surface area contributed by atoms with Crippen molar-refractivity contribution in [3.05, 3.63) is 60.2 Å². The van der Waals surface area contributed by atoms with Crippen LogP contribution in [0.1, 0.15) is 18.4 Å². The third-order valence-corrected chi connectivity index (χ3v) is 4.56. The molecule has 1 aliphatic heterocycles. The molecule has 2 N–H and O–H groups in total. The Morgan fingerprint density at radius 3 is 2.37 bits per heavy atom. The Morgan fingerprint density at radius 2 is 1.70 bits per heavy atom. The summed E-state index contributed by atoms with van der Waals surface area (Å²) in [5.41, 5.74) is 1.93. The van der Waals surface area contributed by atoms with Crippen molar-refractivity contribution in [3.8, 4) is 5.75 Å². The molecule has 3 amide bonds. The van der Waals surface area contributed by atoms with Gasteiger partial charge in [0.15, 0.2) is 6.61 Å². The zero-order valence-electron chi connectivity index (χ0n) is 15.5. The maximum Gasteiger partial charge on any atom is 0.321 e. The molecule has 2 aromatic rings. The van der Waals surface area contributed by atoms with Gasteiger partial charge in [-0.2, -0.15) is 0 Å². The van der Waals surface area contributed by atoms with E-state index in [1.54, 1.807) is 4.90 Å². The fraction of sp³-hybridized carbons (Fsp3) is 0.333. The minimum absolute atomic E-state index is 0.00221. The van der Waals surface area contributed by atoms with Crippen LogP contribution in [0.2, 0.25) is 0 Å². The molecule has 0 spiro atoms. The van der Waals surface area contributed by atoms with E-state index in [1.165, 1.54) is 0 Å². The molecule has 0 radical (unpaired) electrons. The molecule has 0 unspecified atom stereocenters. The highest BCUT2D eigenvalue weighted by atomic mass is 16.5. The second-order valence-electron chi connectivity index (χ2n) is 6.73. The SMILES string of the molecule is Cc1ccc(OCC(=O)NC2CCN(C(=O)Nc3ccccc3)CC2)cc1. The molecule has 0 aliphatic carbocycles. The number of amides is 3. The monoisotopic (exact) mass is 367 g/mol. The third-order valence-electron chi connectivity index (χ3n) is 4.56. The summed E-state index contributed by atoms with van der Waals surface area (Å²) >= 11 is 0. The highest BCUT2D eigenvalue weighted by molar-refractivity contribution is 5.89. The summed E-state index contributed by atoms with van der Waals surface area (Å²) < 4.78 is 5.50. The highest BCUT2D eigenvalue weighted by Gasteiger charge is 2.24. The van der Waals surface area contributed by atoms with E-state index in [2.05, 4.69) is 10.6 Å². The van der Waals surface area contributed by atoms with E-state index in [9.17, 15) is 9.59 Å². The van der Waals surface area contributed by atoms with Crippen molar-refractivity contribution in [1.29, 1.82) is 0 Å². The first-order valence-corrected chi connectivity index (χ1v) is 9.20. The van der Waals surface area contributed by atoms with Crippen molar-refractivity contribution in [1.82, 2.24) is 10.2 Å². The van der Waals surface area contributed by atoms with E-state index >= 15 is 0 Å². The van der Waals surface area contributed by atoms with Crippen LogP contribution in [0.3, 0.4) is 0 Å². The predicted octanol–water partition coefficient (Wildman–Crippen LogP) is 3.19. The number of aryl methyl sites for hydroxylation is 1. The van der Waals surface area contributed by atoms with Gasteiger partial charge in [-0.15, -0.1) is 0 Å². The standard InChI is InChI=1S/C21H25N3O3/c1-16-7-9-19(10-8-16)27-15-20(25)22-18-11-13-24(14-12-18)21(26)23-17-5-3-2-4-6-17/h2-10,18H,11-15H2,1H3,(H,22,25)(H,23,26). The second kappa shape index (κ2) is 9.07. The van der Waals surface area contributed by atoms with Crippen LogP contribution in [0.4, 0.5) is 10.5 Å². The summed E-state index contributed by atoms with van der Waals surface area (Å²) in [7, 11) is 0. The van der Waals surface area contributed by atoms with E-state index in [1.807, 2.05) is 61.5 Å². The van der Waals surface area contributed by atoms with Crippen LogP contribution >= 0.6 is 0 Å². The molecule has 1 heterocycles. The van der Waals surface area contributed by atoms with Gasteiger partial charge in [0, 0.05) is 24.8 Å². The summed E-state index contributed by atoms with van der Waals surface area (Å²) in [6.45, 7) is 3.23. The summed E-state index contributed by atoms with van der Waals surface area (Å²) in [5.74, 6) is 0.547. The number of para-hydroxylation sites is 1. The van der Waals surface area contributed by atoms with Crippen LogP contribution in [0.25, 0.3) is 0 Å². The summed E-state index contributed by atoms with van der Waals surface area (Å²) in [5, 5.41) is 5.88. The molecule has 0 saturated carbocycles. The molecular formula is C21H25N3O3. The Morgan fingerprint density at radius 1 is 1.04 bits per heavy atom. The third kappa shape index (κ3) is 5.74. The number of likely N-dealkylation sites (tertiary alicyclic amines) is 1. The highest BCUT2D eigenvalue weighted by Crippen LogP contribution is 2.14. The molecule has 142 valence electrons. The van der Waals surface area contributed by atoms with Crippen LogP contribution < -0.4 is 15.4 Å². The molecule has 1 saturated heterocycles. The van der Waals surface area contributed by atoms with Gasteiger partial charge in [0.25, 0.3) is 5.91 Å². The minimum atomic E-state index is -0.136. The fourth-order valence-corrected chi connectivity index (χ4v) is 3.00. The van der Waals surface area contributed by atoms with E-state index in [0.29, 0.717) is 18.8 Å². The quantitative estimate of drug-likeness (QED) is 0.853. The van der Waals surface area contributed by atoms with E-state index in [4.69, 9.17) is 4.74 Å². The largest absolute Gasteiger partial charge is 0.484 e. The van der Waals surface area contributed by atoms with Gasteiger partial charge < -0.3 is 20.3 Å². The minimum Gasteiger partial charge on any atom is -0.484 e. The van der Waals surface area contributed by atoms with Gasteiger partial charge in [0.1, 0.15) is 5.75 Å². The molecule has 27 heavy (non-hydrogen) atoms. The number of ether oxygens (including phenoxy) is 1. The molecule has 1 fully saturated rings. The van der Waals surface area contributed by atoms with Crippen LogP contribution in [0, 0.1) is 6.92 Å². The van der Waals surface area contributed by atoms with E-state index < -0.39 is 0 Å². The number of anilines is 1. The Hall–Kier alpha value is -3.02. The summed E-state index contributed by atoms with van der Waals surface area (Å²) in [4.78, 5) is 26.1. The Bertz CT molecular complexity index is 754. The maximum absolute atomic E-state index is 12.3. The van der Waals surface area contributed by atoms with Crippen LogP contribution in [0.15, 0.2) is 54.6 Å². The molecule has 1 aliphatic rings. The Labute approximate surface area is 159 Å². The molecule has 6 heteroatoms. The molecule has 3 rings (SSSR count). The first-order chi connectivity index (χ1) is 13.1. The van der Waals surface area contributed by atoms with Crippen LogP contribution in [-0.4, -0.2) is 42.6 Å². The van der Waals surface area contributed by atoms with Gasteiger partial charge >= 0.3 is 6.03 Å². The lowest BCUT2D eigenvalue weighted by Gasteiger charge is -2.32. The van der Waals surface area contributed by atoms with Gasteiger partial charge in [-0.25, -0.2) is 4.79 Å². The second-order valence-corrected chi connectivity index (χ2v) is 6.73. The molecule has 6 nitrogen and oxygen atoms in total. The van der Waals surface area contributed by atoms with Gasteiger partial charge in [-0.3, -0.25) is 4.79 Å². The lowest BCUT2D eigenvalue weighted by molar-refractivity contribution is -0.124. The number of hydrogen-bond donors (Lipinski definition) is 2. The van der Waals surface area contributed by atoms with Crippen molar-refractivity contribution >= 4 is 17.6 Å². The number of piperidine rings is 1. The fourth-order valence-electron chi connectivity index (χ4n) is 3.00. The number of hydrogen-bond acceptors (Lipinski definition) is 3. The first kappa shape index (κ1) is 18.8. The van der Waals surface area contributed by atoms with E-state index in [0.717, 1.165) is 24.1 Å². The number of rotatable bonds is 5. The van der Waals surface area contributed by atoms with Crippen molar-refractivity contribution in [2.24, 2.45) is 0 Å². The van der Waals surface area contributed by atoms with E-state index in [-0.39, 0.29) is 24.6 Å². The van der Waals surface area contributed by atoms with Gasteiger partial charge in [-0.05, 0) is 44.0 Å². The molecule has 0 aromatic heterocycles. The Balaban J connectivity index is 1.38. The average molecular weight is 367 g/mol. The number of nitrogens with zero attached hydrogens (tertiary/aromatic N) is 1. The number of benzene rings is 2. The van der Waals surface area contributed by atoms with Gasteiger partial charge in [0.05, 0.1) is 0 Å². The predicted molar refractivity (Wildman–Crippen MR) is 105 cm³/mol. The average Bonchev–Trinajstić information content (AvgIpc) is 2.69. The van der Waals surface area contributed by atoms with Gasteiger partial charge in [-0.1, -0.05) is 35.9 Å². The first-order valence-electron chi connectivity index (χ1n) is 9.20. The lowest BCUT2D eigenvalue weighted by Crippen LogP contribution is -2.48.